The summed E-state index contributed by atoms with van der Waals surface area (Å²) in [5.74, 6) is 0.322. The summed E-state index contributed by atoms with van der Waals surface area (Å²) in [5.41, 5.74) is 0. The second-order valence-corrected chi connectivity index (χ2v) is 1.34. The lowest BCUT2D eigenvalue weighted by Gasteiger charge is -1.82. The summed E-state index contributed by atoms with van der Waals surface area (Å²) in [6, 6.07) is 8.71. The average Bonchev–Trinajstić information content (AvgIpc) is 1.69. The molecule has 1 rings (SSSR count). The van der Waals surface area contributed by atoms with Gasteiger partial charge in [0.25, 0.3) is 0 Å². The summed E-state index contributed by atoms with van der Waals surface area (Å²) in [4.78, 5) is 0. The molecule has 0 atom stereocenters. The third-order valence-corrected chi connectivity index (χ3v) is 0.756. The highest BCUT2D eigenvalue weighted by Crippen LogP contribution is 2.02. The van der Waals surface area contributed by atoms with Crippen LogP contribution in [0.3, 0.4) is 0 Å². The topological polar surface area (TPSA) is 20.2 Å². The zero-order chi connectivity index (χ0) is 5.11. The van der Waals surface area contributed by atoms with E-state index < -0.39 is 0 Å². The maximum Gasteiger partial charge on any atom is 0.115 e. The number of phenols is 1. The summed E-state index contributed by atoms with van der Waals surface area (Å²) in [6.45, 7) is 0. The first kappa shape index (κ1) is 7.45. The van der Waals surface area contributed by atoms with Crippen molar-refractivity contribution >= 4 is 9.90 Å². The lowest BCUT2D eigenvalue weighted by atomic mass is 10.3. The van der Waals surface area contributed by atoms with Crippen LogP contribution in [0, 0.1) is 0 Å². The minimum atomic E-state index is 0. The summed E-state index contributed by atoms with van der Waals surface area (Å²) in [7, 11) is 0. The molecule has 0 bridgehead atoms. The quantitative estimate of drug-likeness (QED) is 0.527. The highest BCUT2D eigenvalue weighted by Gasteiger charge is 1.74. The molecule has 0 saturated carbocycles. The van der Waals surface area contributed by atoms with Gasteiger partial charge in [-0.25, -0.2) is 0 Å². The van der Waals surface area contributed by atoms with Crippen LogP contribution < -0.4 is 0 Å². The van der Waals surface area contributed by atoms with Gasteiger partial charge in [-0.3, -0.25) is 0 Å². The minimum Gasteiger partial charge on any atom is -0.508 e. The molecule has 0 unspecified atom stereocenters. The Kier molecular flexibility index (Phi) is 3.21. The first-order chi connectivity index (χ1) is 3.39. The van der Waals surface area contributed by atoms with Gasteiger partial charge in [-0.2, -0.15) is 0 Å². The van der Waals surface area contributed by atoms with Gasteiger partial charge in [0, 0.05) is 9.90 Å². The predicted molar refractivity (Wildman–Crippen MR) is 35.0 cm³/mol. The van der Waals surface area contributed by atoms with E-state index >= 15 is 0 Å². The van der Waals surface area contributed by atoms with E-state index in [1.807, 2.05) is 6.07 Å². The van der Waals surface area contributed by atoms with Crippen molar-refractivity contribution in [3.63, 3.8) is 0 Å². The van der Waals surface area contributed by atoms with Crippen molar-refractivity contribution in [3.8, 4) is 5.75 Å². The molecule has 1 aromatic rings. The molecule has 0 aliphatic heterocycles. The zero-order valence-electron chi connectivity index (χ0n) is 4.28. The van der Waals surface area contributed by atoms with Gasteiger partial charge in [0.15, 0.2) is 0 Å². The Bertz CT molecular complexity index is 138. The zero-order valence-corrected chi connectivity index (χ0v) is 5.18. The Morgan fingerprint density at radius 1 is 1.00 bits per heavy atom. The average molecular weight is 125 g/mol. The Labute approximate surface area is 52.0 Å². The van der Waals surface area contributed by atoms with Gasteiger partial charge in [-0.15, -0.1) is 0 Å². The van der Waals surface area contributed by atoms with E-state index in [9.17, 15) is 0 Å². The van der Waals surface area contributed by atoms with Gasteiger partial charge in [0.1, 0.15) is 5.75 Å². The van der Waals surface area contributed by atoms with E-state index in [2.05, 4.69) is 0 Å². The molecule has 0 amide bonds. The van der Waals surface area contributed by atoms with Gasteiger partial charge in [0.05, 0.1) is 0 Å². The highest BCUT2D eigenvalue weighted by atomic mass is 31.0. The molecule has 0 fully saturated rings. The summed E-state index contributed by atoms with van der Waals surface area (Å²) in [6.07, 6.45) is 0. The molecule has 1 nitrogen and oxygen atoms in total. The van der Waals surface area contributed by atoms with Gasteiger partial charge in [-0.1, -0.05) is 18.2 Å². The largest absolute Gasteiger partial charge is 0.508 e. The van der Waals surface area contributed by atoms with E-state index in [0.717, 1.165) is 0 Å². The summed E-state index contributed by atoms with van der Waals surface area (Å²) >= 11 is 0. The monoisotopic (exact) mass is 125 g/mol. The van der Waals surface area contributed by atoms with E-state index in [1.165, 1.54) is 0 Å². The van der Waals surface area contributed by atoms with Gasteiger partial charge in [0.2, 0.25) is 0 Å². The second kappa shape index (κ2) is 3.45. The van der Waals surface area contributed by atoms with Gasteiger partial charge >= 0.3 is 0 Å². The van der Waals surface area contributed by atoms with Crippen molar-refractivity contribution < 1.29 is 5.11 Å². The molecule has 0 heterocycles. The number of phenolic OH excluding ortho intramolecular Hbond substituents is 1. The molecule has 8 heavy (non-hydrogen) atoms. The Balaban J connectivity index is 0.000000490. The van der Waals surface area contributed by atoms with Crippen LogP contribution in [0.5, 0.6) is 5.75 Å². The molecule has 41 valence electrons. The van der Waals surface area contributed by atoms with Crippen LogP contribution in [0.2, 0.25) is 0 Å². The molecule has 1 N–H and O–H groups in total. The molecule has 0 saturated heterocycles. The van der Waals surface area contributed by atoms with Crippen molar-refractivity contribution in [3.05, 3.63) is 30.3 Å². The lowest BCUT2D eigenvalue weighted by molar-refractivity contribution is 0.475. The van der Waals surface area contributed by atoms with Crippen molar-refractivity contribution in [2.45, 2.75) is 0 Å². The molecule has 3 radical (unpaired) electrons. The smallest absolute Gasteiger partial charge is 0.115 e. The van der Waals surface area contributed by atoms with Crippen LogP contribution in [0.15, 0.2) is 30.3 Å². The van der Waals surface area contributed by atoms with Crippen molar-refractivity contribution in [2.75, 3.05) is 0 Å². The fraction of sp³-hybridized carbons (Fsp3) is 0. The number of para-hydroxylation sites is 1. The van der Waals surface area contributed by atoms with Crippen molar-refractivity contribution in [2.24, 2.45) is 0 Å². The van der Waals surface area contributed by atoms with E-state index in [4.69, 9.17) is 5.11 Å². The summed E-state index contributed by atoms with van der Waals surface area (Å²) in [5, 5.41) is 8.63. The van der Waals surface area contributed by atoms with Gasteiger partial charge in [-0.05, 0) is 12.1 Å². The molecule has 0 aromatic heterocycles. The first-order valence-electron chi connectivity index (χ1n) is 2.13. The number of hydrogen-bond acceptors (Lipinski definition) is 1. The van der Waals surface area contributed by atoms with E-state index in [0.29, 0.717) is 5.75 Å². The Morgan fingerprint density at radius 2 is 1.50 bits per heavy atom. The van der Waals surface area contributed by atoms with E-state index in [-0.39, 0.29) is 9.90 Å². The SMILES string of the molecule is Oc1ccccc1.[P]. The summed E-state index contributed by atoms with van der Waals surface area (Å²) < 4.78 is 0. The second-order valence-electron chi connectivity index (χ2n) is 1.34. The first-order valence-corrected chi connectivity index (χ1v) is 2.13. The number of benzene rings is 1. The highest BCUT2D eigenvalue weighted by molar-refractivity contribution is 6.92. The standard InChI is InChI=1S/C6H6O.P/c7-6-4-2-1-3-5-6;/h1-5,7H;. The molecule has 0 aliphatic rings. The number of aromatic hydroxyl groups is 1. The van der Waals surface area contributed by atoms with Crippen LogP contribution in [0.25, 0.3) is 0 Å². The molecule has 1 aromatic carbocycles. The van der Waals surface area contributed by atoms with Crippen LogP contribution >= 0.6 is 9.90 Å². The predicted octanol–water partition coefficient (Wildman–Crippen LogP) is 2.25. The molecular formula is C6H6OP. The molecular weight excluding hydrogens is 119 g/mol. The Hall–Kier alpha value is -0.550. The maximum atomic E-state index is 8.63. The van der Waals surface area contributed by atoms with Crippen LogP contribution in [-0.4, -0.2) is 5.11 Å². The maximum absolute atomic E-state index is 8.63. The van der Waals surface area contributed by atoms with Crippen LogP contribution in [0.4, 0.5) is 0 Å². The third-order valence-electron chi connectivity index (χ3n) is 0.756. The minimum absolute atomic E-state index is 0. The Morgan fingerprint density at radius 3 is 1.75 bits per heavy atom. The third kappa shape index (κ3) is 1.94. The molecule has 0 spiro atoms. The number of hydrogen-bond donors (Lipinski definition) is 1. The van der Waals surface area contributed by atoms with Crippen LogP contribution in [-0.2, 0) is 0 Å². The van der Waals surface area contributed by atoms with E-state index in [1.54, 1.807) is 24.3 Å². The molecule has 0 aliphatic carbocycles. The molecule has 2 heteroatoms. The van der Waals surface area contributed by atoms with Crippen molar-refractivity contribution in [1.29, 1.82) is 0 Å². The normalized spacial score (nSPS) is 7.50. The number of rotatable bonds is 0. The van der Waals surface area contributed by atoms with Crippen molar-refractivity contribution in [1.82, 2.24) is 0 Å². The lowest BCUT2D eigenvalue weighted by Crippen LogP contribution is -1.56. The van der Waals surface area contributed by atoms with Crippen LogP contribution in [0.1, 0.15) is 0 Å². The fourth-order valence-corrected chi connectivity index (χ4v) is 0.428. The fourth-order valence-electron chi connectivity index (χ4n) is 0.428. The van der Waals surface area contributed by atoms with Gasteiger partial charge < -0.3 is 5.11 Å².